The Morgan fingerprint density at radius 2 is 2.38 bits per heavy atom. The van der Waals surface area contributed by atoms with Crippen LogP contribution in [0.1, 0.15) is 24.0 Å². The Morgan fingerprint density at radius 1 is 1.62 bits per heavy atom. The van der Waals surface area contributed by atoms with Gasteiger partial charge in [0.1, 0.15) is 5.01 Å². The molecule has 1 unspecified atom stereocenters. The highest BCUT2D eigenvalue weighted by molar-refractivity contribution is 7.91. The molecule has 1 aliphatic rings. The predicted molar refractivity (Wildman–Crippen MR) is 65.5 cm³/mol. The van der Waals surface area contributed by atoms with Crippen LogP contribution in [0.3, 0.4) is 0 Å². The van der Waals surface area contributed by atoms with Gasteiger partial charge in [-0.05, 0) is 19.9 Å². The number of thiazole rings is 1. The molecule has 0 saturated carbocycles. The third-order valence-electron chi connectivity index (χ3n) is 2.85. The highest BCUT2D eigenvalue weighted by Gasteiger charge is 2.44. The third kappa shape index (κ3) is 2.14. The highest BCUT2D eigenvalue weighted by Crippen LogP contribution is 2.35. The van der Waals surface area contributed by atoms with Gasteiger partial charge in [0.2, 0.25) is 0 Å². The maximum Gasteiger partial charge on any atom is 0.152 e. The van der Waals surface area contributed by atoms with Crippen LogP contribution >= 0.6 is 11.3 Å². The SMILES string of the molecule is CCNC1(c2nc(C)cs2)CCS(=O)(=O)C1. The number of rotatable bonds is 3. The van der Waals surface area contributed by atoms with Gasteiger partial charge >= 0.3 is 0 Å². The van der Waals surface area contributed by atoms with Crippen LogP contribution < -0.4 is 5.32 Å². The topological polar surface area (TPSA) is 59.1 Å². The Balaban J connectivity index is 2.38. The van der Waals surface area contributed by atoms with E-state index in [9.17, 15) is 8.42 Å². The van der Waals surface area contributed by atoms with Crippen molar-refractivity contribution in [2.45, 2.75) is 25.8 Å². The molecule has 1 aromatic rings. The van der Waals surface area contributed by atoms with Crippen molar-refractivity contribution in [3.8, 4) is 0 Å². The molecular formula is C10H16N2O2S2. The lowest BCUT2D eigenvalue weighted by molar-refractivity contribution is 0.383. The fourth-order valence-corrected chi connectivity index (χ4v) is 5.18. The lowest BCUT2D eigenvalue weighted by atomic mass is 10.00. The van der Waals surface area contributed by atoms with Crippen LogP contribution in [-0.2, 0) is 15.4 Å². The van der Waals surface area contributed by atoms with E-state index in [-0.39, 0.29) is 11.5 Å². The van der Waals surface area contributed by atoms with Crippen LogP contribution in [0.2, 0.25) is 0 Å². The van der Waals surface area contributed by atoms with E-state index >= 15 is 0 Å². The molecule has 1 N–H and O–H groups in total. The van der Waals surface area contributed by atoms with Crippen molar-refractivity contribution in [3.63, 3.8) is 0 Å². The van der Waals surface area contributed by atoms with E-state index in [0.29, 0.717) is 6.42 Å². The summed E-state index contributed by atoms with van der Waals surface area (Å²) in [6.45, 7) is 4.68. The van der Waals surface area contributed by atoms with E-state index < -0.39 is 15.4 Å². The summed E-state index contributed by atoms with van der Waals surface area (Å²) in [5.74, 6) is 0.444. The summed E-state index contributed by atoms with van der Waals surface area (Å²) < 4.78 is 23.3. The minimum atomic E-state index is -2.91. The summed E-state index contributed by atoms with van der Waals surface area (Å²) in [6.07, 6.45) is 0.635. The van der Waals surface area contributed by atoms with Gasteiger partial charge in [0, 0.05) is 11.1 Å². The van der Waals surface area contributed by atoms with Crippen molar-refractivity contribution in [2.75, 3.05) is 18.1 Å². The Morgan fingerprint density at radius 3 is 2.81 bits per heavy atom. The number of hydrogen-bond donors (Lipinski definition) is 1. The largest absolute Gasteiger partial charge is 0.305 e. The lowest BCUT2D eigenvalue weighted by Gasteiger charge is -2.26. The monoisotopic (exact) mass is 260 g/mol. The summed E-state index contributed by atoms with van der Waals surface area (Å²) in [4.78, 5) is 4.44. The van der Waals surface area contributed by atoms with Gasteiger partial charge in [-0.3, -0.25) is 0 Å². The number of aryl methyl sites for hydroxylation is 1. The zero-order valence-corrected chi connectivity index (χ0v) is 11.1. The molecule has 1 saturated heterocycles. The maximum atomic E-state index is 11.6. The zero-order chi connectivity index (χ0) is 11.8. The zero-order valence-electron chi connectivity index (χ0n) is 9.49. The van der Waals surface area contributed by atoms with Crippen molar-refractivity contribution in [1.29, 1.82) is 0 Å². The molecule has 0 aliphatic carbocycles. The number of nitrogens with one attached hydrogen (secondary N) is 1. The van der Waals surface area contributed by atoms with Crippen molar-refractivity contribution < 1.29 is 8.42 Å². The molecule has 1 aliphatic heterocycles. The minimum Gasteiger partial charge on any atom is -0.305 e. The highest BCUT2D eigenvalue weighted by atomic mass is 32.2. The van der Waals surface area contributed by atoms with E-state index in [0.717, 1.165) is 17.2 Å². The smallest absolute Gasteiger partial charge is 0.152 e. The molecule has 1 fully saturated rings. The number of sulfone groups is 1. The van der Waals surface area contributed by atoms with Gasteiger partial charge < -0.3 is 5.32 Å². The first-order chi connectivity index (χ1) is 7.47. The van der Waals surface area contributed by atoms with Crippen LogP contribution in [0.4, 0.5) is 0 Å². The summed E-state index contributed by atoms with van der Waals surface area (Å²) >= 11 is 1.55. The first kappa shape index (κ1) is 12.0. The molecule has 2 heterocycles. The van der Waals surface area contributed by atoms with Gasteiger partial charge in [-0.1, -0.05) is 6.92 Å². The molecule has 4 nitrogen and oxygen atoms in total. The average Bonchev–Trinajstić information content (AvgIpc) is 2.72. The van der Waals surface area contributed by atoms with Crippen molar-refractivity contribution in [1.82, 2.24) is 10.3 Å². The fourth-order valence-electron chi connectivity index (χ4n) is 2.15. The predicted octanol–water partition coefficient (Wildman–Crippen LogP) is 1.07. The number of aromatic nitrogens is 1. The second kappa shape index (κ2) is 4.09. The van der Waals surface area contributed by atoms with Crippen molar-refractivity contribution in [2.24, 2.45) is 0 Å². The minimum absolute atomic E-state index is 0.181. The van der Waals surface area contributed by atoms with Gasteiger partial charge in [0.25, 0.3) is 0 Å². The summed E-state index contributed by atoms with van der Waals surface area (Å²) in [6, 6.07) is 0. The van der Waals surface area contributed by atoms with E-state index in [2.05, 4.69) is 10.3 Å². The second-order valence-electron chi connectivity index (χ2n) is 4.25. The third-order valence-corrected chi connectivity index (χ3v) is 5.77. The van der Waals surface area contributed by atoms with Crippen LogP contribution in [0.5, 0.6) is 0 Å². The Hall–Kier alpha value is -0.460. The van der Waals surface area contributed by atoms with Crippen molar-refractivity contribution in [3.05, 3.63) is 16.1 Å². The molecule has 0 amide bonds. The normalized spacial score (nSPS) is 28.4. The van der Waals surface area contributed by atoms with Crippen LogP contribution in [0.15, 0.2) is 5.38 Å². The molecule has 6 heteroatoms. The van der Waals surface area contributed by atoms with E-state index in [1.165, 1.54) is 0 Å². The molecule has 90 valence electrons. The molecule has 1 atom stereocenters. The molecular weight excluding hydrogens is 244 g/mol. The van der Waals surface area contributed by atoms with E-state index in [1.54, 1.807) is 11.3 Å². The van der Waals surface area contributed by atoms with Crippen molar-refractivity contribution >= 4 is 21.2 Å². The first-order valence-corrected chi connectivity index (χ1v) is 8.06. The Labute approximate surface area is 100 Å². The van der Waals surface area contributed by atoms with Gasteiger partial charge in [0.05, 0.1) is 17.0 Å². The molecule has 0 bridgehead atoms. The van der Waals surface area contributed by atoms with E-state index in [1.807, 2.05) is 19.2 Å². The summed E-state index contributed by atoms with van der Waals surface area (Å²) in [5.41, 5.74) is 0.522. The molecule has 1 aromatic heterocycles. The first-order valence-electron chi connectivity index (χ1n) is 5.35. The fraction of sp³-hybridized carbons (Fsp3) is 0.700. The standard InChI is InChI=1S/C10H16N2O2S2/c1-3-11-10(4-5-16(13,14)7-10)9-12-8(2)6-15-9/h6,11H,3-5,7H2,1-2H3. The Kier molecular flexibility index (Phi) is 3.07. The maximum absolute atomic E-state index is 11.6. The quantitative estimate of drug-likeness (QED) is 0.883. The van der Waals surface area contributed by atoms with E-state index in [4.69, 9.17) is 0 Å². The second-order valence-corrected chi connectivity index (χ2v) is 7.29. The number of hydrogen-bond acceptors (Lipinski definition) is 5. The van der Waals surface area contributed by atoms with Crippen LogP contribution in [0.25, 0.3) is 0 Å². The van der Waals surface area contributed by atoms with Gasteiger partial charge in [-0.15, -0.1) is 11.3 Å². The van der Waals surface area contributed by atoms with Crippen LogP contribution in [-0.4, -0.2) is 31.5 Å². The number of nitrogens with zero attached hydrogens (tertiary/aromatic N) is 1. The lowest BCUT2D eigenvalue weighted by Crippen LogP contribution is -2.43. The summed E-state index contributed by atoms with van der Waals surface area (Å²) in [7, 11) is -2.91. The Bertz CT molecular complexity index is 481. The molecule has 16 heavy (non-hydrogen) atoms. The molecule has 0 spiro atoms. The molecule has 0 radical (unpaired) electrons. The summed E-state index contributed by atoms with van der Waals surface area (Å²) in [5, 5.41) is 6.19. The van der Waals surface area contributed by atoms with Gasteiger partial charge in [-0.2, -0.15) is 0 Å². The van der Waals surface area contributed by atoms with Gasteiger partial charge in [0.15, 0.2) is 9.84 Å². The molecule has 2 rings (SSSR count). The van der Waals surface area contributed by atoms with Gasteiger partial charge in [-0.25, -0.2) is 13.4 Å². The van der Waals surface area contributed by atoms with Crippen LogP contribution in [0, 0.1) is 6.92 Å². The molecule has 0 aromatic carbocycles. The average molecular weight is 260 g/mol.